The number of piperidine rings is 1. The number of benzene rings is 1. The van der Waals surface area contributed by atoms with E-state index in [1.807, 2.05) is 0 Å². The maximum Gasteiger partial charge on any atom is 0.122 e. The first-order valence-electron chi connectivity index (χ1n) is 8.01. The van der Waals surface area contributed by atoms with Crippen LogP contribution in [-0.2, 0) is 13.0 Å². The first-order chi connectivity index (χ1) is 9.81. The molecule has 2 aliphatic rings. The number of ether oxygens (including phenoxy) is 1. The highest BCUT2D eigenvalue weighted by Crippen LogP contribution is 2.25. The zero-order valence-electron chi connectivity index (χ0n) is 12.5. The summed E-state index contributed by atoms with van der Waals surface area (Å²) in [5.74, 6) is 1.08. The molecule has 0 bridgehead atoms. The van der Waals surface area contributed by atoms with Crippen LogP contribution in [0.1, 0.15) is 37.3 Å². The zero-order chi connectivity index (χ0) is 13.8. The highest BCUT2D eigenvalue weighted by Gasteiger charge is 2.14. The van der Waals surface area contributed by atoms with Gasteiger partial charge in [-0.1, -0.05) is 18.6 Å². The van der Waals surface area contributed by atoms with Gasteiger partial charge in [-0.05, 0) is 50.0 Å². The molecule has 0 aromatic heterocycles. The van der Waals surface area contributed by atoms with Crippen LogP contribution in [0.3, 0.4) is 0 Å². The first-order valence-corrected chi connectivity index (χ1v) is 8.01. The highest BCUT2D eigenvalue weighted by molar-refractivity contribution is 5.39. The Hall–Kier alpha value is -1.06. The second kappa shape index (κ2) is 6.59. The fourth-order valence-electron chi connectivity index (χ4n) is 3.24. The van der Waals surface area contributed by atoms with Crippen LogP contribution >= 0.6 is 0 Å². The predicted octanol–water partition coefficient (Wildman–Crippen LogP) is 2.59. The van der Waals surface area contributed by atoms with Crippen molar-refractivity contribution in [1.29, 1.82) is 0 Å². The molecule has 2 heterocycles. The lowest BCUT2D eigenvalue weighted by molar-refractivity contribution is 0.209. The lowest BCUT2D eigenvalue weighted by atomic mass is 10.1. The molecule has 0 radical (unpaired) electrons. The Morgan fingerprint density at radius 3 is 2.95 bits per heavy atom. The van der Waals surface area contributed by atoms with Crippen molar-refractivity contribution in [3.05, 3.63) is 29.3 Å². The Bertz CT molecular complexity index is 441. The molecule has 2 aliphatic heterocycles. The van der Waals surface area contributed by atoms with Crippen molar-refractivity contribution in [1.82, 2.24) is 10.2 Å². The molecule has 20 heavy (non-hydrogen) atoms. The molecule has 0 amide bonds. The number of nitrogens with one attached hydrogen (secondary N) is 1. The summed E-state index contributed by atoms with van der Waals surface area (Å²) in [5.41, 5.74) is 2.74. The van der Waals surface area contributed by atoms with Gasteiger partial charge in [0.15, 0.2) is 0 Å². The monoisotopic (exact) mass is 274 g/mol. The van der Waals surface area contributed by atoms with Crippen molar-refractivity contribution in [2.75, 3.05) is 26.2 Å². The van der Waals surface area contributed by atoms with Crippen LogP contribution in [-0.4, -0.2) is 37.2 Å². The standard InChI is InChI=1S/C17H26N2O/c1-14(13-19-8-3-2-4-9-19)18-12-15-5-6-17-16(11-15)7-10-20-17/h5-6,11,14,18H,2-4,7-10,12-13H2,1H3. The number of hydrogen-bond acceptors (Lipinski definition) is 3. The molecule has 1 N–H and O–H groups in total. The second-order valence-electron chi connectivity index (χ2n) is 6.18. The van der Waals surface area contributed by atoms with Gasteiger partial charge < -0.3 is 15.0 Å². The first kappa shape index (κ1) is 13.9. The van der Waals surface area contributed by atoms with Crippen LogP contribution in [0.25, 0.3) is 0 Å². The maximum atomic E-state index is 5.55. The summed E-state index contributed by atoms with van der Waals surface area (Å²) in [5, 5.41) is 3.65. The number of fused-ring (bicyclic) bond motifs is 1. The SMILES string of the molecule is CC(CN1CCCCC1)NCc1ccc2c(c1)CCO2. The molecule has 0 spiro atoms. The summed E-state index contributed by atoms with van der Waals surface area (Å²) < 4.78 is 5.55. The molecule has 1 saturated heterocycles. The van der Waals surface area contributed by atoms with E-state index in [9.17, 15) is 0 Å². The van der Waals surface area contributed by atoms with Gasteiger partial charge in [-0.25, -0.2) is 0 Å². The molecular formula is C17H26N2O. The third-order valence-corrected chi connectivity index (χ3v) is 4.39. The number of likely N-dealkylation sites (tertiary alicyclic amines) is 1. The average molecular weight is 274 g/mol. The van der Waals surface area contributed by atoms with E-state index >= 15 is 0 Å². The largest absolute Gasteiger partial charge is 0.493 e. The number of nitrogens with zero attached hydrogens (tertiary/aromatic N) is 1. The number of rotatable bonds is 5. The lowest BCUT2D eigenvalue weighted by Crippen LogP contribution is -2.41. The van der Waals surface area contributed by atoms with Crippen LogP contribution in [0.2, 0.25) is 0 Å². The van der Waals surface area contributed by atoms with E-state index in [-0.39, 0.29) is 0 Å². The molecule has 1 unspecified atom stereocenters. The zero-order valence-corrected chi connectivity index (χ0v) is 12.5. The topological polar surface area (TPSA) is 24.5 Å². The maximum absolute atomic E-state index is 5.55. The molecule has 1 atom stereocenters. The fourth-order valence-corrected chi connectivity index (χ4v) is 3.24. The minimum absolute atomic E-state index is 0.553. The van der Waals surface area contributed by atoms with Crippen LogP contribution in [0, 0.1) is 0 Å². The number of hydrogen-bond donors (Lipinski definition) is 1. The van der Waals surface area contributed by atoms with Crippen LogP contribution in [0.4, 0.5) is 0 Å². The summed E-state index contributed by atoms with van der Waals surface area (Å²) in [6.07, 6.45) is 5.22. The van der Waals surface area contributed by atoms with Gasteiger partial charge in [-0.3, -0.25) is 0 Å². The van der Waals surface area contributed by atoms with Gasteiger partial charge in [0.25, 0.3) is 0 Å². The van der Waals surface area contributed by atoms with Crippen molar-refractivity contribution in [3.63, 3.8) is 0 Å². The Balaban J connectivity index is 1.46. The van der Waals surface area contributed by atoms with Gasteiger partial charge >= 0.3 is 0 Å². The molecule has 1 aromatic rings. The van der Waals surface area contributed by atoms with Gasteiger partial charge in [0, 0.05) is 25.6 Å². The van der Waals surface area contributed by atoms with Crippen molar-refractivity contribution < 1.29 is 4.74 Å². The summed E-state index contributed by atoms with van der Waals surface area (Å²) in [6.45, 7) is 7.84. The Kier molecular flexibility index (Phi) is 4.58. The quantitative estimate of drug-likeness (QED) is 0.893. The molecule has 3 heteroatoms. The van der Waals surface area contributed by atoms with Crippen LogP contribution in [0.5, 0.6) is 5.75 Å². The average Bonchev–Trinajstić information content (AvgIpc) is 2.93. The van der Waals surface area contributed by atoms with Gasteiger partial charge in [0.05, 0.1) is 6.61 Å². The summed E-state index contributed by atoms with van der Waals surface area (Å²) >= 11 is 0. The van der Waals surface area contributed by atoms with E-state index < -0.39 is 0 Å². The Morgan fingerprint density at radius 1 is 1.25 bits per heavy atom. The third kappa shape index (κ3) is 3.53. The van der Waals surface area contributed by atoms with Crippen molar-refractivity contribution in [2.24, 2.45) is 0 Å². The minimum Gasteiger partial charge on any atom is -0.493 e. The van der Waals surface area contributed by atoms with E-state index in [0.29, 0.717) is 6.04 Å². The van der Waals surface area contributed by atoms with Gasteiger partial charge in [0.2, 0.25) is 0 Å². The van der Waals surface area contributed by atoms with E-state index in [2.05, 4.69) is 35.3 Å². The van der Waals surface area contributed by atoms with Gasteiger partial charge in [0.1, 0.15) is 5.75 Å². The molecule has 1 fully saturated rings. The van der Waals surface area contributed by atoms with Crippen LogP contribution in [0.15, 0.2) is 18.2 Å². The smallest absolute Gasteiger partial charge is 0.122 e. The normalized spacial score (nSPS) is 20.4. The fraction of sp³-hybridized carbons (Fsp3) is 0.647. The summed E-state index contributed by atoms with van der Waals surface area (Å²) in [4.78, 5) is 2.59. The van der Waals surface area contributed by atoms with E-state index in [1.54, 1.807) is 0 Å². The minimum atomic E-state index is 0.553. The summed E-state index contributed by atoms with van der Waals surface area (Å²) in [7, 11) is 0. The van der Waals surface area contributed by atoms with Gasteiger partial charge in [-0.2, -0.15) is 0 Å². The molecular weight excluding hydrogens is 248 g/mol. The van der Waals surface area contributed by atoms with E-state index in [0.717, 1.165) is 25.3 Å². The van der Waals surface area contributed by atoms with Crippen molar-refractivity contribution in [2.45, 2.75) is 45.2 Å². The van der Waals surface area contributed by atoms with E-state index in [4.69, 9.17) is 4.74 Å². The van der Waals surface area contributed by atoms with E-state index in [1.165, 1.54) is 50.0 Å². The Labute approximate surface area is 122 Å². The Morgan fingerprint density at radius 2 is 2.10 bits per heavy atom. The third-order valence-electron chi connectivity index (χ3n) is 4.39. The molecule has 3 nitrogen and oxygen atoms in total. The molecule has 3 rings (SSSR count). The van der Waals surface area contributed by atoms with Crippen molar-refractivity contribution in [3.8, 4) is 5.75 Å². The highest BCUT2D eigenvalue weighted by atomic mass is 16.5. The molecule has 0 saturated carbocycles. The molecule has 110 valence electrons. The van der Waals surface area contributed by atoms with Crippen molar-refractivity contribution >= 4 is 0 Å². The molecule has 0 aliphatic carbocycles. The lowest BCUT2D eigenvalue weighted by Gasteiger charge is -2.29. The predicted molar refractivity (Wildman–Crippen MR) is 82.2 cm³/mol. The van der Waals surface area contributed by atoms with Gasteiger partial charge in [-0.15, -0.1) is 0 Å². The second-order valence-corrected chi connectivity index (χ2v) is 6.18. The molecule has 1 aromatic carbocycles. The summed E-state index contributed by atoms with van der Waals surface area (Å²) in [6, 6.07) is 7.15. The van der Waals surface area contributed by atoms with Crippen LogP contribution < -0.4 is 10.1 Å².